The molecule has 0 unspecified atom stereocenters. The third-order valence-corrected chi connectivity index (χ3v) is 1.66. The summed E-state index contributed by atoms with van der Waals surface area (Å²) in [4.78, 5) is 0. The van der Waals surface area contributed by atoms with Gasteiger partial charge >= 0.3 is 0 Å². The Bertz CT molecular complexity index is 41.7. The van der Waals surface area contributed by atoms with Crippen LogP contribution in [0.5, 0.6) is 0 Å². The predicted molar refractivity (Wildman–Crippen MR) is 41.6 cm³/mol. The molecule has 0 aliphatic heterocycles. The Labute approximate surface area is 57.1 Å². The van der Waals surface area contributed by atoms with Crippen molar-refractivity contribution < 1.29 is 0 Å². The van der Waals surface area contributed by atoms with Gasteiger partial charge in [-0.1, -0.05) is 27.2 Å². The van der Waals surface area contributed by atoms with Crippen molar-refractivity contribution in [1.29, 1.82) is 0 Å². The lowest BCUT2D eigenvalue weighted by Crippen LogP contribution is -1.84. The predicted octanol–water partition coefficient (Wildman–Crippen LogP) is 2.90. The second-order valence-electron chi connectivity index (χ2n) is 1.99. The van der Waals surface area contributed by atoms with E-state index < -0.39 is 0 Å². The Balaban J connectivity index is 2.72. The summed E-state index contributed by atoms with van der Waals surface area (Å²) in [6, 6.07) is 0. The smallest absolute Gasteiger partial charge is 0.0169 e. The molecule has 0 heterocycles. The van der Waals surface area contributed by atoms with Crippen LogP contribution in [-0.2, 0) is 0 Å². The van der Waals surface area contributed by atoms with E-state index in [2.05, 4.69) is 26.5 Å². The molecule has 0 aromatic heterocycles. The molecule has 0 aromatic carbocycles. The van der Waals surface area contributed by atoms with Crippen LogP contribution in [0.15, 0.2) is 0 Å². The highest BCUT2D eigenvalue weighted by Gasteiger charge is 1.91. The van der Waals surface area contributed by atoms with Crippen molar-refractivity contribution in [2.75, 3.05) is 0 Å². The Kier molecular flexibility index (Phi) is 5.73. The maximum atomic E-state index is 3.74. The fourth-order valence-corrected chi connectivity index (χ4v) is 1.03. The van der Waals surface area contributed by atoms with Gasteiger partial charge in [-0.3, -0.25) is 0 Å². The van der Waals surface area contributed by atoms with Crippen molar-refractivity contribution in [3.63, 3.8) is 0 Å². The summed E-state index contributed by atoms with van der Waals surface area (Å²) in [5, 5.41) is 0.738. The lowest BCUT2D eigenvalue weighted by Gasteiger charge is -2.00. The molecule has 0 spiro atoms. The zero-order chi connectivity index (χ0) is 6.41. The van der Waals surface area contributed by atoms with Crippen LogP contribution in [0.3, 0.4) is 0 Å². The van der Waals surface area contributed by atoms with E-state index in [1.165, 1.54) is 0 Å². The standard InChI is InChI=1S/C7H14S/c1-4-5-6-8-7(2)3/h6-7H,1,4-5H2,2-3H3. The first-order valence-electron chi connectivity index (χ1n) is 3.03. The molecule has 0 aliphatic carbocycles. The summed E-state index contributed by atoms with van der Waals surface area (Å²) < 4.78 is 0. The van der Waals surface area contributed by atoms with Crippen LogP contribution in [0.4, 0.5) is 0 Å². The van der Waals surface area contributed by atoms with Gasteiger partial charge in [0.2, 0.25) is 0 Å². The highest BCUT2D eigenvalue weighted by Crippen LogP contribution is 2.15. The Morgan fingerprint density at radius 2 is 2.25 bits per heavy atom. The van der Waals surface area contributed by atoms with Crippen LogP contribution in [0.2, 0.25) is 0 Å². The van der Waals surface area contributed by atoms with Crippen LogP contribution in [-0.4, -0.2) is 5.25 Å². The van der Waals surface area contributed by atoms with Crippen molar-refractivity contribution in [2.24, 2.45) is 0 Å². The number of hydrogen-bond acceptors (Lipinski definition) is 1. The Morgan fingerprint density at radius 1 is 1.62 bits per heavy atom. The van der Waals surface area contributed by atoms with E-state index in [9.17, 15) is 0 Å². The third-order valence-electron chi connectivity index (χ3n) is 0.690. The molecule has 2 radical (unpaired) electrons. The van der Waals surface area contributed by atoms with Crippen molar-refractivity contribution in [3.8, 4) is 0 Å². The number of hydrogen-bond donors (Lipinski definition) is 0. The van der Waals surface area contributed by atoms with E-state index in [0.29, 0.717) is 0 Å². The molecule has 0 rings (SSSR count). The molecule has 8 heavy (non-hydrogen) atoms. The Morgan fingerprint density at radius 3 is 2.62 bits per heavy atom. The van der Waals surface area contributed by atoms with Gasteiger partial charge in [-0.15, -0.1) is 0 Å². The molecule has 0 N–H and O–H groups in total. The quantitative estimate of drug-likeness (QED) is 0.527. The van der Waals surface area contributed by atoms with Gasteiger partial charge in [0.1, 0.15) is 0 Å². The summed E-state index contributed by atoms with van der Waals surface area (Å²) in [6.45, 7) is 8.14. The molecule has 0 amide bonds. The molecule has 0 fully saturated rings. The minimum Gasteiger partial charge on any atom is -0.155 e. The van der Waals surface area contributed by atoms with Crippen molar-refractivity contribution >= 4 is 11.8 Å². The molecule has 0 aliphatic rings. The first-order valence-corrected chi connectivity index (χ1v) is 3.98. The first kappa shape index (κ1) is 8.35. The van der Waals surface area contributed by atoms with Crippen molar-refractivity contribution in [1.82, 2.24) is 0 Å². The molecular formula is C7H14S. The molecule has 0 nitrogen and oxygen atoms in total. The van der Waals surface area contributed by atoms with Gasteiger partial charge in [-0.05, 0) is 11.7 Å². The zero-order valence-corrected chi connectivity index (χ0v) is 6.50. The van der Waals surface area contributed by atoms with Crippen LogP contribution in [0, 0.1) is 12.7 Å². The van der Waals surface area contributed by atoms with Crippen molar-refractivity contribution in [2.45, 2.75) is 31.9 Å². The summed E-state index contributed by atoms with van der Waals surface area (Å²) in [5.74, 6) is 2.23. The van der Waals surface area contributed by atoms with Gasteiger partial charge in [0.25, 0.3) is 0 Å². The number of rotatable bonds is 4. The lowest BCUT2D eigenvalue weighted by molar-refractivity contribution is 1.02. The second kappa shape index (κ2) is 5.49. The Hall–Kier alpha value is 0.350. The molecule has 0 bridgehead atoms. The minimum atomic E-state index is 0.738. The van der Waals surface area contributed by atoms with Crippen molar-refractivity contribution in [3.05, 3.63) is 12.7 Å². The monoisotopic (exact) mass is 130 g/mol. The van der Waals surface area contributed by atoms with E-state index >= 15 is 0 Å². The average molecular weight is 130 g/mol. The maximum absolute atomic E-state index is 3.74. The molecule has 1 heteroatoms. The van der Waals surface area contributed by atoms with Crippen LogP contribution >= 0.6 is 11.8 Å². The van der Waals surface area contributed by atoms with Gasteiger partial charge in [0, 0.05) is 5.75 Å². The largest absolute Gasteiger partial charge is 0.155 e. The molecule has 0 saturated carbocycles. The summed E-state index contributed by atoms with van der Waals surface area (Å²) in [5.41, 5.74) is 0. The fraction of sp³-hybridized carbons (Fsp3) is 0.714. The SMILES string of the molecule is [CH2]CC[CH]SC(C)C. The fourth-order valence-electron chi connectivity index (χ4n) is 0.344. The second-order valence-corrected chi connectivity index (χ2v) is 3.54. The van der Waals surface area contributed by atoms with E-state index in [0.717, 1.165) is 18.1 Å². The highest BCUT2D eigenvalue weighted by molar-refractivity contribution is 8.01. The lowest BCUT2D eigenvalue weighted by atomic mass is 10.4. The van der Waals surface area contributed by atoms with Crippen LogP contribution in [0.1, 0.15) is 26.7 Å². The summed E-state index contributed by atoms with van der Waals surface area (Å²) >= 11 is 1.89. The molecule has 0 aromatic rings. The van der Waals surface area contributed by atoms with Crippen LogP contribution < -0.4 is 0 Å². The highest BCUT2D eigenvalue weighted by atomic mass is 32.2. The minimum absolute atomic E-state index is 0.738. The van der Waals surface area contributed by atoms with Crippen LogP contribution in [0.25, 0.3) is 0 Å². The molecule has 0 atom stereocenters. The van der Waals surface area contributed by atoms with Gasteiger partial charge < -0.3 is 0 Å². The normalized spacial score (nSPS) is 10.5. The van der Waals surface area contributed by atoms with E-state index in [4.69, 9.17) is 0 Å². The topological polar surface area (TPSA) is 0 Å². The van der Waals surface area contributed by atoms with Gasteiger partial charge in [0.15, 0.2) is 0 Å². The van der Waals surface area contributed by atoms with E-state index in [1.807, 2.05) is 11.8 Å². The third kappa shape index (κ3) is 6.35. The number of thioether (sulfide) groups is 1. The molecule has 48 valence electrons. The average Bonchev–Trinajstić information content (AvgIpc) is 1.66. The van der Waals surface area contributed by atoms with Gasteiger partial charge in [0.05, 0.1) is 0 Å². The molecular weight excluding hydrogens is 116 g/mol. The van der Waals surface area contributed by atoms with Gasteiger partial charge in [-0.2, -0.15) is 11.8 Å². The van der Waals surface area contributed by atoms with E-state index in [-0.39, 0.29) is 0 Å². The summed E-state index contributed by atoms with van der Waals surface area (Å²) in [7, 11) is 0. The summed E-state index contributed by atoms with van der Waals surface area (Å²) in [6.07, 6.45) is 2.17. The number of unbranched alkanes of at least 4 members (excludes halogenated alkanes) is 1. The molecule has 0 saturated heterocycles. The maximum Gasteiger partial charge on any atom is 0.0169 e. The zero-order valence-electron chi connectivity index (χ0n) is 5.68. The van der Waals surface area contributed by atoms with Gasteiger partial charge in [-0.25, -0.2) is 0 Å². The van der Waals surface area contributed by atoms with E-state index in [1.54, 1.807) is 0 Å². The first-order chi connectivity index (χ1) is 3.77.